The van der Waals surface area contributed by atoms with E-state index in [1.165, 1.54) is 0 Å². The standard InChI is InChI=1S/C20H25NO2/c1-13(2)17-10-6-7-11-18(17)21-20(22)16(5)23-19-12-8-9-14(3)15(19)4/h6-13,16H,1-5H3,(H,21,22)/t16-/m1/s1. The van der Waals surface area contributed by atoms with Crippen molar-refractivity contribution in [2.75, 3.05) is 5.32 Å². The third kappa shape index (κ3) is 4.13. The number of carbonyl (C=O) groups excluding carboxylic acids is 1. The van der Waals surface area contributed by atoms with Crippen molar-refractivity contribution in [3.05, 3.63) is 59.2 Å². The first-order valence-electron chi connectivity index (χ1n) is 8.02. The number of aryl methyl sites for hydroxylation is 1. The van der Waals surface area contributed by atoms with Crippen LogP contribution in [0.3, 0.4) is 0 Å². The highest BCUT2D eigenvalue weighted by molar-refractivity contribution is 5.94. The fourth-order valence-corrected chi connectivity index (χ4v) is 2.44. The monoisotopic (exact) mass is 311 g/mol. The second kappa shape index (κ2) is 7.32. The van der Waals surface area contributed by atoms with E-state index in [-0.39, 0.29) is 5.91 Å². The predicted octanol–water partition coefficient (Wildman–Crippen LogP) is 4.83. The zero-order valence-corrected chi connectivity index (χ0v) is 14.5. The average Bonchev–Trinajstić information content (AvgIpc) is 2.52. The Hall–Kier alpha value is -2.29. The summed E-state index contributed by atoms with van der Waals surface area (Å²) >= 11 is 0. The SMILES string of the molecule is Cc1cccc(O[C@H](C)C(=O)Nc2ccccc2C(C)C)c1C. The zero-order valence-electron chi connectivity index (χ0n) is 14.5. The Bertz CT molecular complexity index is 692. The van der Waals surface area contributed by atoms with E-state index < -0.39 is 6.10 Å². The van der Waals surface area contributed by atoms with Crippen LogP contribution in [-0.2, 0) is 4.79 Å². The second-order valence-electron chi connectivity index (χ2n) is 6.19. The summed E-state index contributed by atoms with van der Waals surface area (Å²) in [5.41, 5.74) is 4.19. The van der Waals surface area contributed by atoms with Crippen LogP contribution in [0.15, 0.2) is 42.5 Å². The lowest BCUT2D eigenvalue weighted by Gasteiger charge is -2.19. The van der Waals surface area contributed by atoms with Crippen LogP contribution in [-0.4, -0.2) is 12.0 Å². The number of hydrogen-bond donors (Lipinski definition) is 1. The molecular weight excluding hydrogens is 286 g/mol. The Labute approximate surface area is 138 Å². The van der Waals surface area contributed by atoms with E-state index in [0.29, 0.717) is 5.92 Å². The fraction of sp³-hybridized carbons (Fsp3) is 0.350. The highest BCUT2D eigenvalue weighted by atomic mass is 16.5. The Morgan fingerprint density at radius 2 is 1.70 bits per heavy atom. The molecule has 0 aliphatic heterocycles. The number of amides is 1. The topological polar surface area (TPSA) is 38.3 Å². The highest BCUT2D eigenvalue weighted by Crippen LogP contribution is 2.25. The minimum atomic E-state index is -0.560. The maximum absolute atomic E-state index is 12.5. The van der Waals surface area contributed by atoms with E-state index in [4.69, 9.17) is 4.74 Å². The third-order valence-electron chi connectivity index (χ3n) is 4.07. The van der Waals surface area contributed by atoms with Crippen LogP contribution in [0.5, 0.6) is 5.75 Å². The molecule has 1 atom stereocenters. The van der Waals surface area contributed by atoms with Crippen LogP contribution in [0.4, 0.5) is 5.69 Å². The van der Waals surface area contributed by atoms with Crippen molar-refractivity contribution in [3.63, 3.8) is 0 Å². The summed E-state index contributed by atoms with van der Waals surface area (Å²) in [6.45, 7) is 10.0. The van der Waals surface area contributed by atoms with E-state index in [1.807, 2.05) is 56.3 Å². The molecule has 0 aliphatic rings. The molecule has 0 aliphatic carbocycles. The van der Waals surface area contributed by atoms with Crippen LogP contribution in [0.2, 0.25) is 0 Å². The molecule has 0 saturated carbocycles. The first-order chi connectivity index (χ1) is 10.9. The van der Waals surface area contributed by atoms with Crippen molar-refractivity contribution < 1.29 is 9.53 Å². The molecule has 0 aromatic heterocycles. The summed E-state index contributed by atoms with van der Waals surface area (Å²) in [6.07, 6.45) is -0.560. The molecule has 0 heterocycles. The number of anilines is 1. The van der Waals surface area contributed by atoms with Gasteiger partial charge >= 0.3 is 0 Å². The summed E-state index contributed by atoms with van der Waals surface area (Å²) < 4.78 is 5.85. The molecule has 2 rings (SSSR count). The number of hydrogen-bond acceptors (Lipinski definition) is 2. The number of ether oxygens (including phenoxy) is 1. The van der Waals surface area contributed by atoms with Crippen molar-refractivity contribution in [1.29, 1.82) is 0 Å². The molecule has 1 amide bonds. The Morgan fingerprint density at radius 3 is 2.39 bits per heavy atom. The van der Waals surface area contributed by atoms with E-state index >= 15 is 0 Å². The quantitative estimate of drug-likeness (QED) is 0.858. The minimum absolute atomic E-state index is 0.140. The zero-order chi connectivity index (χ0) is 17.0. The lowest BCUT2D eigenvalue weighted by molar-refractivity contribution is -0.122. The fourth-order valence-electron chi connectivity index (χ4n) is 2.44. The van der Waals surface area contributed by atoms with Crippen LogP contribution >= 0.6 is 0 Å². The predicted molar refractivity (Wildman–Crippen MR) is 95.2 cm³/mol. The van der Waals surface area contributed by atoms with Crippen molar-refractivity contribution in [3.8, 4) is 5.75 Å². The molecule has 0 fully saturated rings. The maximum Gasteiger partial charge on any atom is 0.265 e. The molecule has 0 radical (unpaired) electrons. The second-order valence-corrected chi connectivity index (χ2v) is 6.19. The van der Waals surface area contributed by atoms with Gasteiger partial charge in [0.15, 0.2) is 6.10 Å². The number of para-hydroxylation sites is 1. The summed E-state index contributed by atoms with van der Waals surface area (Å²) in [5.74, 6) is 0.963. The van der Waals surface area contributed by atoms with Gasteiger partial charge in [0, 0.05) is 5.69 Å². The van der Waals surface area contributed by atoms with Crippen molar-refractivity contribution in [2.45, 2.75) is 46.6 Å². The van der Waals surface area contributed by atoms with Crippen molar-refractivity contribution in [1.82, 2.24) is 0 Å². The molecule has 3 nitrogen and oxygen atoms in total. The summed E-state index contributed by atoms with van der Waals surface area (Å²) in [5, 5.41) is 2.98. The average molecular weight is 311 g/mol. The first kappa shape index (κ1) is 17.1. The van der Waals surface area contributed by atoms with Gasteiger partial charge < -0.3 is 10.1 Å². The van der Waals surface area contributed by atoms with Crippen LogP contribution in [0.25, 0.3) is 0 Å². The molecule has 0 unspecified atom stereocenters. The van der Waals surface area contributed by atoms with Crippen molar-refractivity contribution >= 4 is 11.6 Å². The van der Waals surface area contributed by atoms with Gasteiger partial charge in [-0.05, 0) is 55.5 Å². The Morgan fingerprint density at radius 1 is 1.00 bits per heavy atom. The van der Waals surface area contributed by atoms with Gasteiger partial charge in [-0.15, -0.1) is 0 Å². The van der Waals surface area contributed by atoms with Gasteiger partial charge in [0.1, 0.15) is 5.75 Å². The van der Waals surface area contributed by atoms with Gasteiger partial charge in [-0.25, -0.2) is 0 Å². The molecular formula is C20H25NO2. The molecule has 0 spiro atoms. The number of rotatable bonds is 5. The number of benzene rings is 2. The van der Waals surface area contributed by atoms with E-state index in [2.05, 4.69) is 19.2 Å². The molecule has 2 aromatic rings. The largest absolute Gasteiger partial charge is 0.481 e. The van der Waals surface area contributed by atoms with Gasteiger partial charge in [-0.1, -0.05) is 44.2 Å². The van der Waals surface area contributed by atoms with Gasteiger partial charge in [0.05, 0.1) is 0 Å². The van der Waals surface area contributed by atoms with E-state index in [0.717, 1.165) is 28.1 Å². The number of carbonyl (C=O) groups is 1. The highest BCUT2D eigenvalue weighted by Gasteiger charge is 2.18. The minimum Gasteiger partial charge on any atom is -0.481 e. The van der Waals surface area contributed by atoms with Crippen LogP contribution in [0, 0.1) is 13.8 Å². The van der Waals surface area contributed by atoms with Crippen LogP contribution in [0.1, 0.15) is 43.4 Å². The van der Waals surface area contributed by atoms with Gasteiger partial charge in [0.25, 0.3) is 5.91 Å². The van der Waals surface area contributed by atoms with Gasteiger partial charge in [-0.3, -0.25) is 4.79 Å². The van der Waals surface area contributed by atoms with E-state index in [1.54, 1.807) is 6.92 Å². The van der Waals surface area contributed by atoms with Crippen LogP contribution < -0.4 is 10.1 Å². The molecule has 122 valence electrons. The Kier molecular flexibility index (Phi) is 5.43. The van der Waals surface area contributed by atoms with E-state index in [9.17, 15) is 4.79 Å². The maximum atomic E-state index is 12.5. The lowest BCUT2D eigenvalue weighted by atomic mass is 10.0. The first-order valence-corrected chi connectivity index (χ1v) is 8.02. The van der Waals surface area contributed by atoms with Crippen molar-refractivity contribution in [2.24, 2.45) is 0 Å². The molecule has 23 heavy (non-hydrogen) atoms. The van der Waals surface area contributed by atoms with Gasteiger partial charge in [0.2, 0.25) is 0 Å². The normalized spacial score (nSPS) is 12.1. The Balaban J connectivity index is 2.10. The molecule has 3 heteroatoms. The number of nitrogens with one attached hydrogen (secondary N) is 1. The molecule has 1 N–H and O–H groups in total. The molecule has 0 saturated heterocycles. The molecule has 0 bridgehead atoms. The van der Waals surface area contributed by atoms with Gasteiger partial charge in [-0.2, -0.15) is 0 Å². The molecule has 2 aromatic carbocycles. The smallest absolute Gasteiger partial charge is 0.265 e. The third-order valence-corrected chi connectivity index (χ3v) is 4.07. The summed E-state index contributed by atoms with van der Waals surface area (Å²) in [4.78, 5) is 12.5. The summed E-state index contributed by atoms with van der Waals surface area (Å²) in [6, 6.07) is 13.8. The summed E-state index contributed by atoms with van der Waals surface area (Å²) in [7, 11) is 0. The lowest BCUT2D eigenvalue weighted by Crippen LogP contribution is -2.30.